The topological polar surface area (TPSA) is 92.4 Å². The lowest BCUT2D eigenvalue weighted by Crippen LogP contribution is -2.45. The normalized spacial score (nSPS) is 22.9. The van der Waals surface area contributed by atoms with Gasteiger partial charge in [-0.25, -0.2) is 9.50 Å². The molecule has 1 aliphatic rings. The van der Waals surface area contributed by atoms with Gasteiger partial charge in [-0.3, -0.25) is 4.79 Å². The van der Waals surface area contributed by atoms with Gasteiger partial charge in [-0.15, -0.1) is 0 Å². The molecular formula is C13H17N5O2. The molecule has 0 unspecified atom stereocenters. The van der Waals surface area contributed by atoms with Crippen molar-refractivity contribution in [2.75, 3.05) is 0 Å². The molecule has 3 rings (SSSR count). The molecule has 7 nitrogen and oxygen atoms in total. The van der Waals surface area contributed by atoms with Crippen molar-refractivity contribution < 1.29 is 9.90 Å². The number of nitrogens with one attached hydrogen (secondary N) is 1. The van der Waals surface area contributed by atoms with Crippen molar-refractivity contribution in [3.63, 3.8) is 0 Å². The number of nitrogens with zero attached hydrogens (tertiary/aromatic N) is 4. The maximum atomic E-state index is 12.3. The van der Waals surface area contributed by atoms with Crippen LogP contribution in [-0.4, -0.2) is 42.7 Å². The van der Waals surface area contributed by atoms with Crippen LogP contribution in [0, 0.1) is 6.92 Å². The van der Waals surface area contributed by atoms with Gasteiger partial charge in [0.25, 0.3) is 11.7 Å². The second-order valence-corrected chi connectivity index (χ2v) is 5.16. The summed E-state index contributed by atoms with van der Waals surface area (Å²) in [6, 6.07) is -0.179. The molecule has 0 radical (unpaired) electrons. The van der Waals surface area contributed by atoms with Crippen LogP contribution in [0.5, 0.6) is 0 Å². The Labute approximate surface area is 116 Å². The monoisotopic (exact) mass is 275 g/mol. The predicted octanol–water partition coefficient (Wildman–Crippen LogP) is 0.466. The zero-order valence-electron chi connectivity index (χ0n) is 11.3. The molecule has 7 heteroatoms. The van der Waals surface area contributed by atoms with E-state index in [1.54, 1.807) is 6.92 Å². The molecule has 0 bridgehead atoms. The van der Waals surface area contributed by atoms with E-state index < -0.39 is 6.10 Å². The Morgan fingerprint density at radius 2 is 2.20 bits per heavy atom. The first-order chi connectivity index (χ1) is 9.66. The van der Waals surface area contributed by atoms with E-state index in [0.717, 1.165) is 25.7 Å². The van der Waals surface area contributed by atoms with Gasteiger partial charge < -0.3 is 10.4 Å². The van der Waals surface area contributed by atoms with E-state index in [1.165, 1.54) is 17.0 Å². The number of aryl methyl sites for hydroxylation is 1. The van der Waals surface area contributed by atoms with Gasteiger partial charge in [0.2, 0.25) is 0 Å². The fraction of sp³-hybridized carbons (Fsp3) is 0.538. The predicted molar refractivity (Wildman–Crippen MR) is 71.2 cm³/mol. The maximum absolute atomic E-state index is 12.3. The summed E-state index contributed by atoms with van der Waals surface area (Å²) in [5.74, 6) is 0.245. The Morgan fingerprint density at radius 1 is 1.40 bits per heavy atom. The van der Waals surface area contributed by atoms with Gasteiger partial charge in [-0.2, -0.15) is 10.1 Å². The summed E-state index contributed by atoms with van der Waals surface area (Å²) in [5.41, 5.74) is 1.15. The summed E-state index contributed by atoms with van der Waals surface area (Å²) in [5, 5.41) is 16.8. The molecule has 2 aromatic heterocycles. The van der Waals surface area contributed by atoms with E-state index >= 15 is 0 Å². The highest BCUT2D eigenvalue weighted by Gasteiger charge is 2.25. The van der Waals surface area contributed by atoms with E-state index in [1.807, 2.05) is 0 Å². The highest BCUT2D eigenvalue weighted by molar-refractivity contribution is 5.95. The van der Waals surface area contributed by atoms with Gasteiger partial charge in [0.05, 0.1) is 23.4 Å². The molecule has 1 aliphatic carbocycles. The number of amides is 1. The minimum atomic E-state index is -0.462. The maximum Gasteiger partial charge on any atom is 0.255 e. The molecule has 2 aromatic rings. The summed E-state index contributed by atoms with van der Waals surface area (Å²) in [6.45, 7) is 1.80. The Balaban J connectivity index is 1.83. The molecule has 0 saturated heterocycles. The van der Waals surface area contributed by atoms with Crippen molar-refractivity contribution in [1.82, 2.24) is 24.9 Å². The molecule has 1 saturated carbocycles. The molecule has 1 amide bonds. The number of fused-ring (bicyclic) bond motifs is 1. The Morgan fingerprint density at radius 3 is 3.00 bits per heavy atom. The Hall–Kier alpha value is -2.02. The largest absolute Gasteiger partial charge is 0.391 e. The van der Waals surface area contributed by atoms with Crippen LogP contribution in [0.15, 0.2) is 12.5 Å². The molecule has 0 spiro atoms. The van der Waals surface area contributed by atoms with Crippen molar-refractivity contribution in [3.8, 4) is 0 Å². The zero-order valence-corrected chi connectivity index (χ0v) is 11.3. The second-order valence-electron chi connectivity index (χ2n) is 5.16. The summed E-state index contributed by atoms with van der Waals surface area (Å²) >= 11 is 0. The molecule has 1 fully saturated rings. The number of aliphatic hydroxyl groups is 1. The summed E-state index contributed by atoms with van der Waals surface area (Å²) in [4.78, 5) is 20.4. The van der Waals surface area contributed by atoms with Crippen LogP contribution in [0.1, 0.15) is 41.7 Å². The van der Waals surface area contributed by atoms with Gasteiger partial charge in [-0.1, -0.05) is 12.8 Å². The first-order valence-corrected chi connectivity index (χ1v) is 6.81. The molecule has 2 atom stereocenters. The van der Waals surface area contributed by atoms with Crippen molar-refractivity contribution in [2.24, 2.45) is 0 Å². The van der Waals surface area contributed by atoms with Crippen molar-refractivity contribution in [1.29, 1.82) is 0 Å². The summed E-state index contributed by atoms with van der Waals surface area (Å²) in [7, 11) is 0. The number of carbonyl (C=O) groups is 1. The number of rotatable bonds is 2. The standard InChI is InChI=1S/C13H17N5O2/c1-8-9(6-14-13-15-7-16-18(8)13)12(20)17-10-4-2-3-5-11(10)19/h6-7,10-11,19H,2-5H2,1H3,(H,17,20)/t10-,11-/m1/s1. The number of carbonyl (C=O) groups excluding carboxylic acids is 1. The van der Waals surface area contributed by atoms with Crippen molar-refractivity contribution >= 4 is 11.7 Å². The number of aromatic nitrogens is 4. The summed E-state index contributed by atoms with van der Waals surface area (Å²) < 4.78 is 1.53. The van der Waals surface area contributed by atoms with Gasteiger partial charge in [0.15, 0.2) is 0 Å². The number of hydrogen-bond donors (Lipinski definition) is 2. The smallest absolute Gasteiger partial charge is 0.255 e. The lowest BCUT2D eigenvalue weighted by Gasteiger charge is -2.28. The van der Waals surface area contributed by atoms with E-state index in [4.69, 9.17) is 0 Å². The van der Waals surface area contributed by atoms with Crippen LogP contribution in [0.4, 0.5) is 0 Å². The fourth-order valence-corrected chi connectivity index (χ4v) is 2.64. The van der Waals surface area contributed by atoms with E-state index in [9.17, 15) is 9.90 Å². The molecule has 20 heavy (non-hydrogen) atoms. The highest BCUT2D eigenvalue weighted by atomic mass is 16.3. The first-order valence-electron chi connectivity index (χ1n) is 6.81. The average Bonchev–Trinajstić information content (AvgIpc) is 2.91. The highest BCUT2D eigenvalue weighted by Crippen LogP contribution is 2.19. The molecule has 0 aliphatic heterocycles. The Bertz CT molecular complexity index is 639. The van der Waals surface area contributed by atoms with Gasteiger partial charge in [-0.05, 0) is 19.8 Å². The quantitative estimate of drug-likeness (QED) is 0.831. The van der Waals surface area contributed by atoms with Crippen LogP contribution in [0.2, 0.25) is 0 Å². The third kappa shape index (κ3) is 2.24. The molecule has 2 N–H and O–H groups in total. The third-order valence-corrected chi connectivity index (χ3v) is 3.84. The van der Waals surface area contributed by atoms with E-state index in [2.05, 4.69) is 20.4 Å². The Kier molecular flexibility index (Phi) is 3.35. The van der Waals surface area contributed by atoms with Crippen LogP contribution < -0.4 is 5.32 Å². The second kappa shape index (κ2) is 5.16. The summed E-state index contributed by atoms with van der Waals surface area (Å²) in [6.07, 6.45) is 6.04. The first kappa shape index (κ1) is 13.0. The lowest BCUT2D eigenvalue weighted by atomic mass is 9.92. The van der Waals surface area contributed by atoms with Gasteiger partial charge in [0.1, 0.15) is 6.33 Å². The molecular weight excluding hydrogens is 258 g/mol. The van der Waals surface area contributed by atoms with Crippen LogP contribution in [0.25, 0.3) is 5.78 Å². The van der Waals surface area contributed by atoms with Crippen molar-refractivity contribution in [2.45, 2.75) is 44.8 Å². The zero-order chi connectivity index (χ0) is 14.1. The van der Waals surface area contributed by atoms with Gasteiger partial charge >= 0.3 is 0 Å². The molecule has 2 heterocycles. The lowest BCUT2D eigenvalue weighted by molar-refractivity contribution is 0.0716. The minimum Gasteiger partial charge on any atom is -0.391 e. The molecule has 0 aromatic carbocycles. The van der Waals surface area contributed by atoms with Crippen LogP contribution in [-0.2, 0) is 0 Å². The SMILES string of the molecule is Cc1c(C(=O)N[C@@H]2CCCC[C@H]2O)cnc2ncnn12. The number of hydrogen-bond acceptors (Lipinski definition) is 5. The third-order valence-electron chi connectivity index (χ3n) is 3.84. The fourth-order valence-electron chi connectivity index (χ4n) is 2.64. The van der Waals surface area contributed by atoms with E-state index in [0.29, 0.717) is 17.0 Å². The molecule has 106 valence electrons. The number of aliphatic hydroxyl groups excluding tert-OH is 1. The van der Waals surface area contributed by atoms with Crippen molar-refractivity contribution in [3.05, 3.63) is 23.8 Å². The minimum absolute atomic E-state index is 0.179. The van der Waals surface area contributed by atoms with Crippen LogP contribution >= 0.6 is 0 Å². The van der Waals surface area contributed by atoms with Crippen LogP contribution in [0.3, 0.4) is 0 Å². The average molecular weight is 275 g/mol. The van der Waals surface area contributed by atoms with E-state index in [-0.39, 0.29) is 11.9 Å². The van der Waals surface area contributed by atoms with Gasteiger partial charge in [0, 0.05) is 6.20 Å².